The molecule has 0 bridgehead atoms. The molecule has 3 aromatic rings. The lowest BCUT2D eigenvalue weighted by Gasteiger charge is -2.28. The van der Waals surface area contributed by atoms with E-state index in [0.29, 0.717) is 55.0 Å². The Morgan fingerprint density at radius 2 is 1.85 bits per heavy atom. The minimum atomic E-state index is -0.926. The zero-order valence-electron chi connectivity index (χ0n) is 22.6. The maximum Gasteiger partial charge on any atom is 0.295 e. The van der Waals surface area contributed by atoms with Gasteiger partial charge in [0.25, 0.3) is 5.91 Å². The highest BCUT2D eigenvalue weighted by molar-refractivity contribution is 6.46. The van der Waals surface area contributed by atoms with Gasteiger partial charge in [0.2, 0.25) is 5.78 Å². The topological polar surface area (TPSA) is 111 Å². The lowest BCUT2D eigenvalue weighted by atomic mass is 9.94. The Morgan fingerprint density at radius 1 is 1.02 bits per heavy atom. The molecule has 2 aliphatic heterocycles. The summed E-state index contributed by atoms with van der Waals surface area (Å²) in [5.41, 5.74) is 1.48. The van der Waals surface area contributed by atoms with E-state index >= 15 is 0 Å². The second kappa shape index (κ2) is 12.1. The molecule has 0 aliphatic carbocycles. The number of hydrogen-bond donors (Lipinski definition) is 0. The van der Waals surface area contributed by atoms with Gasteiger partial charge in [-0.25, -0.2) is 4.98 Å². The van der Waals surface area contributed by atoms with Crippen LogP contribution in [0.1, 0.15) is 49.4 Å². The lowest BCUT2D eigenvalue weighted by molar-refractivity contribution is -0.378. The Kier molecular flexibility index (Phi) is 8.19. The molecule has 0 saturated carbocycles. The molecule has 0 radical (unpaired) electrons. The van der Waals surface area contributed by atoms with Crippen LogP contribution in [0.15, 0.2) is 66.5 Å². The normalized spacial score (nSPS) is 17.6. The first-order chi connectivity index (χ1) is 19.5. The molecule has 208 valence electrons. The number of aromatic amines is 1. The van der Waals surface area contributed by atoms with Gasteiger partial charge >= 0.3 is 0 Å². The van der Waals surface area contributed by atoms with Crippen molar-refractivity contribution in [2.24, 2.45) is 0 Å². The molecule has 1 amide bonds. The van der Waals surface area contributed by atoms with E-state index in [-0.39, 0.29) is 17.7 Å². The average Bonchev–Trinajstić information content (AvgIpc) is 3.23. The van der Waals surface area contributed by atoms with Crippen molar-refractivity contribution in [3.63, 3.8) is 0 Å². The van der Waals surface area contributed by atoms with Crippen molar-refractivity contribution in [1.29, 1.82) is 0 Å². The summed E-state index contributed by atoms with van der Waals surface area (Å²) < 4.78 is 23.0. The molecule has 40 heavy (non-hydrogen) atoms. The summed E-state index contributed by atoms with van der Waals surface area (Å²) in [5.74, 6) is -0.0959. The van der Waals surface area contributed by atoms with E-state index in [9.17, 15) is 14.7 Å². The van der Waals surface area contributed by atoms with E-state index in [4.69, 9.17) is 18.9 Å². The number of ether oxygens (including phenoxy) is 4. The minimum Gasteiger partial charge on any atom is -0.872 e. The highest BCUT2D eigenvalue weighted by Gasteiger charge is 2.44. The standard InChI is InChI=1S/C31H32N2O7/c1-3-5-13-38-23-10-8-21(16-25(23)37-4-2)28-27(29(34)22-9-11-24-26(17-22)40-15-14-39-24)30(35)31(36)33(28)19-20-7-6-12-32-18-20/h6-12,16-18,28,34H,3-5,13-15,19H2,1-2H3/b29-27+. The number of benzene rings is 2. The van der Waals surface area contributed by atoms with E-state index in [1.165, 1.54) is 4.90 Å². The number of nitrogens with zero attached hydrogens (tertiary/aromatic N) is 1. The summed E-state index contributed by atoms with van der Waals surface area (Å²) in [6, 6.07) is 12.8. The van der Waals surface area contributed by atoms with Crippen LogP contribution in [0.4, 0.5) is 0 Å². The predicted molar refractivity (Wildman–Crippen MR) is 144 cm³/mol. The second-order valence-corrected chi connectivity index (χ2v) is 9.52. The number of aromatic nitrogens is 1. The molecule has 1 N–H and O–H groups in total. The number of hydrogen-bond acceptors (Lipinski definition) is 7. The van der Waals surface area contributed by atoms with Gasteiger partial charge in [0.15, 0.2) is 35.4 Å². The molecule has 2 aliphatic rings. The monoisotopic (exact) mass is 544 g/mol. The van der Waals surface area contributed by atoms with Crippen molar-refractivity contribution in [1.82, 2.24) is 4.90 Å². The highest BCUT2D eigenvalue weighted by atomic mass is 16.6. The first kappa shape index (κ1) is 27.1. The Labute approximate surface area is 233 Å². The number of likely N-dealkylation sites (tertiary alicyclic amines) is 1. The van der Waals surface area contributed by atoms with Gasteiger partial charge in [0.1, 0.15) is 13.2 Å². The smallest absolute Gasteiger partial charge is 0.295 e. The molecule has 2 aromatic carbocycles. The number of carbonyl (C=O) groups is 2. The fraction of sp³-hybridized carbons (Fsp3) is 0.323. The summed E-state index contributed by atoms with van der Waals surface area (Å²) in [6.07, 6.45) is 5.39. The van der Waals surface area contributed by atoms with Gasteiger partial charge in [-0.2, -0.15) is 0 Å². The van der Waals surface area contributed by atoms with E-state index in [1.807, 2.05) is 19.1 Å². The Balaban J connectivity index is 1.61. The van der Waals surface area contributed by atoms with E-state index < -0.39 is 23.5 Å². The summed E-state index contributed by atoms with van der Waals surface area (Å²) in [5, 5.41) is 13.9. The summed E-state index contributed by atoms with van der Waals surface area (Å²) in [4.78, 5) is 31.3. The van der Waals surface area contributed by atoms with Crippen molar-refractivity contribution in [3.8, 4) is 23.0 Å². The lowest BCUT2D eigenvalue weighted by Crippen LogP contribution is -2.29. The van der Waals surface area contributed by atoms with Crippen LogP contribution in [0.3, 0.4) is 0 Å². The van der Waals surface area contributed by atoms with Gasteiger partial charge in [-0.15, -0.1) is 0 Å². The van der Waals surface area contributed by atoms with Gasteiger partial charge in [-0.05, 0) is 54.8 Å². The summed E-state index contributed by atoms with van der Waals surface area (Å²) >= 11 is 0. The van der Waals surface area contributed by atoms with Gasteiger partial charge in [0.05, 0.1) is 25.8 Å². The summed E-state index contributed by atoms with van der Waals surface area (Å²) in [7, 11) is 0. The van der Waals surface area contributed by atoms with E-state index in [0.717, 1.165) is 18.4 Å². The van der Waals surface area contributed by atoms with Gasteiger partial charge in [-0.1, -0.05) is 31.2 Å². The SMILES string of the molecule is CCCCOc1ccc(C2/C(=C(\[O-])c3ccc4c(c3)OCCO4)C(=O)C(=O)N2Cc2ccc[nH+]c2)cc1OCC. The second-order valence-electron chi connectivity index (χ2n) is 9.52. The zero-order valence-corrected chi connectivity index (χ0v) is 22.6. The molecular formula is C31H32N2O7. The van der Waals surface area contributed by atoms with Crippen LogP contribution in [0.25, 0.3) is 5.76 Å². The molecule has 9 heteroatoms. The fourth-order valence-electron chi connectivity index (χ4n) is 4.85. The quantitative estimate of drug-likeness (QED) is 0.167. The Morgan fingerprint density at radius 3 is 2.60 bits per heavy atom. The van der Waals surface area contributed by atoms with Crippen molar-refractivity contribution in [3.05, 3.63) is 83.2 Å². The number of amides is 1. The number of nitrogens with one attached hydrogen (secondary N) is 1. The van der Waals surface area contributed by atoms with Crippen LogP contribution in [0, 0.1) is 0 Å². The van der Waals surface area contributed by atoms with Crippen molar-refractivity contribution in [2.75, 3.05) is 26.4 Å². The van der Waals surface area contributed by atoms with Gasteiger partial charge in [0, 0.05) is 17.2 Å². The van der Waals surface area contributed by atoms with Crippen LogP contribution in [0.5, 0.6) is 23.0 Å². The molecule has 5 rings (SSSR count). The van der Waals surface area contributed by atoms with Crippen LogP contribution in [-0.2, 0) is 16.1 Å². The molecular weight excluding hydrogens is 512 g/mol. The molecule has 0 spiro atoms. The third kappa shape index (κ3) is 5.45. The van der Waals surface area contributed by atoms with E-state index in [2.05, 4.69) is 11.9 Å². The average molecular weight is 545 g/mol. The van der Waals surface area contributed by atoms with Crippen molar-refractivity contribution in [2.45, 2.75) is 39.3 Å². The van der Waals surface area contributed by atoms with Crippen molar-refractivity contribution >= 4 is 17.4 Å². The van der Waals surface area contributed by atoms with Crippen molar-refractivity contribution < 1.29 is 38.6 Å². The van der Waals surface area contributed by atoms with E-state index in [1.54, 1.807) is 48.8 Å². The molecule has 1 fully saturated rings. The number of ketones is 1. The maximum absolute atomic E-state index is 13.9. The molecule has 1 saturated heterocycles. The van der Waals surface area contributed by atoms with Crippen LogP contribution >= 0.6 is 0 Å². The van der Waals surface area contributed by atoms with Crippen LogP contribution in [-0.4, -0.2) is 43.0 Å². The Bertz CT molecular complexity index is 1420. The molecule has 1 atom stereocenters. The number of H-pyrrole nitrogens is 1. The number of pyridine rings is 1. The molecule has 1 unspecified atom stereocenters. The largest absolute Gasteiger partial charge is 0.872 e. The number of Topliss-reactive ketones (excluding diaryl/α,β-unsaturated/α-hetero) is 1. The number of carbonyl (C=O) groups excluding carboxylic acids is 2. The first-order valence-corrected chi connectivity index (χ1v) is 13.5. The number of fused-ring (bicyclic) bond motifs is 1. The molecule has 9 nitrogen and oxygen atoms in total. The minimum absolute atomic E-state index is 0.122. The number of rotatable bonds is 10. The fourth-order valence-corrected chi connectivity index (χ4v) is 4.85. The predicted octanol–water partition coefficient (Wildman–Crippen LogP) is 3.27. The third-order valence-electron chi connectivity index (χ3n) is 6.80. The van der Waals surface area contributed by atoms with Gasteiger partial charge < -0.3 is 29.0 Å². The molecule has 3 heterocycles. The summed E-state index contributed by atoms with van der Waals surface area (Å²) in [6.45, 7) is 5.78. The highest BCUT2D eigenvalue weighted by Crippen LogP contribution is 2.43. The third-order valence-corrected chi connectivity index (χ3v) is 6.80. The zero-order chi connectivity index (χ0) is 28.1. The van der Waals surface area contributed by atoms with Crippen LogP contribution < -0.4 is 29.0 Å². The number of unbranched alkanes of at least 4 members (excludes halogenated alkanes) is 1. The molecule has 1 aromatic heterocycles. The Hall–Kier alpha value is -4.53. The van der Waals surface area contributed by atoms with Crippen LogP contribution in [0.2, 0.25) is 0 Å². The first-order valence-electron chi connectivity index (χ1n) is 13.5. The maximum atomic E-state index is 13.9. The van der Waals surface area contributed by atoms with Gasteiger partial charge in [-0.3, -0.25) is 9.59 Å².